The van der Waals surface area contributed by atoms with Crippen molar-refractivity contribution >= 4 is 0 Å². The second-order valence-corrected chi connectivity index (χ2v) is 4.95. The van der Waals surface area contributed by atoms with Crippen molar-refractivity contribution in [3.63, 3.8) is 0 Å². The van der Waals surface area contributed by atoms with Gasteiger partial charge in [-0.05, 0) is 29.9 Å². The maximum atomic E-state index is 5.72. The smallest absolute Gasteiger partial charge is 0.0740 e. The average molecular weight is 233 g/mol. The van der Waals surface area contributed by atoms with Gasteiger partial charge in [-0.15, -0.1) is 0 Å². The highest BCUT2D eigenvalue weighted by molar-refractivity contribution is 5.25. The van der Waals surface area contributed by atoms with Gasteiger partial charge in [-0.1, -0.05) is 38.1 Å². The zero-order valence-corrected chi connectivity index (χ0v) is 10.9. The molecular formula is C15H23NO. The van der Waals surface area contributed by atoms with E-state index >= 15 is 0 Å². The Balaban J connectivity index is 1.93. The Morgan fingerprint density at radius 3 is 2.71 bits per heavy atom. The Labute approximate surface area is 104 Å². The third-order valence-electron chi connectivity index (χ3n) is 3.63. The van der Waals surface area contributed by atoms with Gasteiger partial charge in [0.1, 0.15) is 0 Å². The lowest BCUT2D eigenvalue weighted by atomic mass is 9.96. The first kappa shape index (κ1) is 12.6. The van der Waals surface area contributed by atoms with Crippen LogP contribution in [-0.4, -0.2) is 25.8 Å². The molecule has 0 saturated carbocycles. The molecule has 1 aliphatic heterocycles. The average Bonchev–Trinajstić information content (AvgIpc) is 2.40. The van der Waals surface area contributed by atoms with Crippen molar-refractivity contribution in [1.82, 2.24) is 5.32 Å². The molecule has 1 aliphatic rings. The number of hydrogen-bond donors (Lipinski definition) is 1. The maximum absolute atomic E-state index is 5.72. The Morgan fingerprint density at radius 1 is 1.35 bits per heavy atom. The van der Waals surface area contributed by atoms with Crippen molar-refractivity contribution in [2.24, 2.45) is 0 Å². The highest BCUT2D eigenvalue weighted by atomic mass is 16.5. The fraction of sp³-hybridized carbons (Fsp3) is 0.600. The van der Waals surface area contributed by atoms with E-state index in [0.29, 0.717) is 12.0 Å². The van der Waals surface area contributed by atoms with E-state index < -0.39 is 0 Å². The van der Waals surface area contributed by atoms with Crippen molar-refractivity contribution in [3.05, 3.63) is 35.4 Å². The molecule has 1 heterocycles. The van der Waals surface area contributed by atoms with Crippen LogP contribution in [-0.2, 0) is 11.2 Å². The molecule has 2 unspecified atom stereocenters. The van der Waals surface area contributed by atoms with E-state index in [4.69, 9.17) is 4.74 Å². The number of rotatable bonds is 4. The van der Waals surface area contributed by atoms with E-state index in [2.05, 4.69) is 43.4 Å². The van der Waals surface area contributed by atoms with Crippen LogP contribution in [0.2, 0.25) is 0 Å². The number of nitrogens with one attached hydrogen (secondary N) is 1. The SMILES string of the molecule is CCC(C)c1ccc(CC2CNCCO2)cc1. The van der Waals surface area contributed by atoms with Crippen molar-refractivity contribution in [1.29, 1.82) is 0 Å². The van der Waals surface area contributed by atoms with Crippen LogP contribution in [0.25, 0.3) is 0 Å². The minimum atomic E-state index is 0.346. The normalized spacial score (nSPS) is 22.4. The summed E-state index contributed by atoms with van der Waals surface area (Å²) in [6.07, 6.45) is 2.57. The first-order chi connectivity index (χ1) is 8.29. The van der Waals surface area contributed by atoms with Crippen molar-refractivity contribution < 1.29 is 4.74 Å². The predicted octanol–water partition coefficient (Wildman–Crippen LogP) is 2.73. The molecule has 17 heavy (non-hydrogen) atoms. The van der Waals surface area contributed by atoms with Gasteiger partial charge >= 0.3 is 0 Å². The largest absolute Gasteiger partial charge is 0.375 e. The molecule has 0 aliphatic carbocycles. The van der Waals surface area contributed by atoms with Crippen LogP contribution in [0.15, 0.2) is 24.3 Å². The van der Waals surface area contributed by atoms with Gasteiger partial charge in [0.2, 0.25) is 0 Å². The third-order valence-corrected chi connectivity index (χ3v) is 3.63. The predicted molar refractivity (Wildman–Crippen MR) is 71.5 cm³/mol. The van der Waals surface area contributed by atoms with Crippen LogP contribution in [0.5, 0.6) is 0 Å². The van der Waals surface area contributed by atoms with Gasteiger partial charge in [-0.3, -0.25) is 0 Å². The van der Waals surface area contributed by atoms with Crippen LogP contribution in [0.3, 0.4) is 0 Å². The van der Waals surface area contributed by atoms with Crippen molar-refractivity contribution in [3.8, 4) is 0 Å². The number of benzene rings is 1. The Kier molecular flexibility index (Phi) is 4.57. The van der Waals surface area contributed by atoms with Gasteiger partial charge in [0.25, 0.3) is 0 Å². The fourth-order valence-electron chi connectivity index (χ4n) is 2.23. The van der Waals surface area contributed by atoms with Crippen LogP contribution < -0.4 is 5.32 Å². The molecule has 1 fully saturated rings. The maximum Gasteiger partial charge on any atom is 0.0740 e. The summed E-state index contributed by atoms with van der Waals surface area (Å²) in [5, 5.41) is 3.37. The molecular weight excluding hydrogens is 210 g/mol. The standard InChI is InChI=1S/C15H23NO/c1-3-12(2)14-6-4-13(5-7-14)10-15-11-16-8-9-17-15/h4-7,12,15-16H,3,8-11H2,1-2H3. The van der Waals surface area contributed by atoms with Gasteiger partial charge in [-0.2, -0.15) is 0 Å². The molecule has 0 spiro atoms. The van der Waals surface area contributed by atoms with Gasteiger partial charge in [-0.25, -0.2) is 0 Å². The van der Waals surface area contributed by atoms with Crippen LogP contribution in [0.1, 0.15) is 37.3 Å². The summed E-state index contributed by atoms with van der Waals surface area (Å²) < 4.78 is 5.72. The molecule has 0 aromatic heterocycles. The van der Waals surface area contributed by atoms with Crippen molar-refractivity contribution in [2.75, 3.05) is 19.7 Å². The highest BCUT2D eigenvalue weighted by Gasteiger charge is 2.13. The first-order valence-corrected chi connectivity index (χ1v) is 6.70. The monoisotopic (exact) mass is 233 g/mol. The van der Waals surface area contributed by atoms with E-state index in [9.17, 15) is 0 Å². The minimum Gasteiger partial charge on any atom is -0.375 e. The van der Waals surface area contributed by atoms with Crippen LogP contribution >= 0.6 is 0 Å². The number of morpholine rings is 1. The molecule has 0 bridgehead atoms. The molecule has 1 N–H and O–H groups in total. The molecule has 2 atom stereocenters. The van der Waals surface area contributed by atoms with Gasteiger partial charge < -0.3 is 10.1 Å². The molecule has 1 aromatic carbocycles. The van der Waals surface area contributed by atoms with Crippen molar-refractivity contribution in [2.45, 2.75) is 38.7 Å². The molecule has 2 nitrogen and oxygen atoms in total. The quantitative estimate of drug-likeness (QED) is 0.863. The summed E-state index contributed by atoms with van der Waals surface area (Å²) in [5.41, 5.74) is 2.82. The summed E-state index contributed by atoms with van der Waals surface area (Å²) in [6, 6.07) is 9.03. The van der Waals surface area contributed by atoms with E-state index in [0.717, 1.165) is 26.1 Å². The Morgan fingerprint density at radius 2 is 2.12 bits per heavy atom. The lowest BCUT2D eigenvalue weighted by Gasteiger charge is -2.23. The van der Waals surface area contributed by atoms with E-state index in [-0.39, 0.29) is 0 Å². The molecule has 2 heteroatoms. The highest BCUT2D eigenvalue weighted by Crippen LogP contribution is 2.19. The number of hydrogen-bond acceptors (Lipinski definition) is 2. The second-order valence-electron chi connectivity index (χ2n) is 4.95. The van der Waals surface area contributed by atoms with Crippen LogP contribution in [0, 0.1) is 0 Å². The summed E-state index contributed by atoms with van der Waals surface area (Å²) in [7, 11) is 0. The Bertz CT molecular complexity index is 327. The lowest BCUT2D eigenvalue weighted by molar-refractivity contribution is 0.0292. The summed E-state index contributed by atoms with van der Waals surface area (Å²) in [6.45, 7) is 7.33. The molecule has 1 aromatic rings. The third kappa shape index (κ3) is 3.55. The molecule has 0 amide bonds. The van der Waals surface area contributed by atoms with E-state index in [1.165, 1.54) is 17.5 Å². The topological polar surface area (TPSA) is 21.3 Å². The minimum absolute atomic E-state index is 0.346. The van der Waals surface area contributed by atoms with E-state index in [1.54, 1.807) is 0 Å². The van der Waals surface area contributed by atoms with Gasteiger partial charge in [0, 0.05) is 13.1 Å². The summed E-state index contributed by atoms with van der Waals surface area (Å²) >= 11 is 0. The number of ether oxygens (including phenoxy) is 1. The fourth-order valence-corrected chi connectivity index (χ4v) is 2.23. The zero-order valence-electron chi connectivity index (χ0n) is 10.9. The zero-order chi connectivity index (χ0) is 12.1. The molecule has 1 saturated heterocycles. The Hall–Kier alpha value is -0.860. The lowest BCUT2D eigenvalue weighted by Crippen LogP contribution is -2.39. The molecule has 0 radical (unpaired) electrons. The van der Waals surface area contributed by atoms with Gasteiger partial charge in [0.15, 0.2) is 0 Å². The second kappa shape index (κ2) is 6.18. The summed E-state index contributed by atoms with van der Waals surface area (Å²) in [4.78, 5) is 0. The summed E-state index contributed by atoms with van der Waals surface area (Å²) in [5.74, 6) is 0.664. The first-order valence-electron chi connectivity index (χ1n) is 6.70. The van der Waals surface area contributed by atoms with Gasteiger partial charge in [0.05, 0.1) is 12.7 Å². The molecule has 2 rings (SSSR count). The molecule has 94 valence electrons. The van der Waals surface area contributed by atoms with E-state index in [1.807, 2.05) is 0 Å². The van der Waals surface area contributed by atoms with Crippen LogP contribution in [0.4, 0.5) is 0 Å².